The van der Waals surface area contributed by atoms with Crippen molar-refractivity contribution in [2.75, 3.05) is 38.7 Å². The number of hydrogen-bond donors (Lipinski definition) is 1. The highest BCUT2D eigenvalue weighted by molar-refractivity contribution is 5.49. The van der Waals surface area contributed by atoms with Crippen molar-refractivity contribution in [3.05, 3.63) is 24.3 Å². The van der Waals surface area contributed by atoms with Crippen LogP contribution in [0.5, 0.6) is 5.75 Å². The summed E-state index contributed by atoms with van der Waals surface area (Å²) >= 11 is 0. The maximum absolute atomic E-state index is 5.66. The van der Waals surface area contributed by atoms with Crippen molar-refractivity contribution in [3.8, 4) is 5.75 Å². The average Bonchev–Trinajstić information content (AvgIpc) is 3.05. The van der Waals surface area contributed by atoms with E-state index >= 15 is 0 Å². The highest BCUT2D eigenvalue weighted by Gasteiger charge is 2.36. The van der Waals surface area contributed by atoms with Crippen molar-refractivity contribution in [1.82, 2.24) is 4.90 Å². The van der Waals surface area contributed by atoms with Gasteiger partial charge in [0.2, 0.25) is 0 Å². The molecule has 0 spiro atoms. The number of benzene rings is 1. The van der Waals surface area contributed by atoms with Crippen LogP contribution in [0.25, 0.3) is 0 Å². The monoisotopic (exact) mass is 276 g/mol. The molecule has 2 fully saturated rings. The molecule has 0 aromatic heterocycles. The lowest BCUT2D eigenvalue weighted by Gasteiger charge is -2.22. The first kappa shape index (κ1) is 13.7. The maximum Gasteiger partial charge on any atom is 0.121 e. The van der Waals surface area contributed by atoms with Crippen LogP contribution in [0.4, 0.5) is 5.69 Å². The third kappa shape index (κ3) is 3.07. The molecule has 0 bridgehead atoms. The van der Waals surface area contributed by atoms with Crippen molar-refractivity contribution >= 4 is 5.69 Å². The number of nitrogens with one attached hydrogen (secondary N) is 1. The summed E-state index contributed by atoms with van der Waals surface area (Å²) in [5.41, 5.74) is 1.17. The number of nitrogens with zero attached hydrogens (tertiary/aromatic N) is 1. The standard InChI is InChI=1S/C16H24N2O2/c1-19-10-11-20-14-5-2-4-13(12-14)17-15-7-9-18-8-3-6-16(15)18/h2,4-5,12,15-17H,3,6-11H2,1H3. The second-order valence-corrected chi connectivity index (χ2v) is 5.65. The smallest absolute Gasteiger partial charge is 0.121 e. The molecule has 1 aromatic carbocycles. The summed E-state index contributed by atoms with van der Waals surface area (Å²) in [4.78, 5) is 2.62. The molecule has 1 aromatic rings. The van der Waals surface area contributed by atoms with Gasteiger partial charge >= 0.3 is 0 Å². The molecule has 0 amide bonds. The number of anilines is 1. The van der Waals surface area contributed by atoms with E-state index in [2.05, 4.69) is 22.3 Å². The van der Waals surface area contributed by atoms with E-state index in [0.29, 0.717) is 19.3 Å². The summed E-state index contributed by atoms with van der Waals surface area (Å²) < 4.78 is 10.7. The van der Waals surface area contributed by atoms with Crippen LogP contribution in [0.1, 0.15) is 19.3 Å². The lowest BCUT2D eigenvalue weighted by molar-refractivity contribution is 0.146. The second-order valence-electron chi connectivity index (χ2n) is 5.65. The van der Waals surface area contributed by atoms with Gasteiger partial charge in [-0.05, 0) is 37.9 Å². The summed E-state index contributed by atoms with van der Waals surface area (Å²) in [5, 5.41) is 3.69. The number of ether oxygens (including phenoxy) is 2. The molecule has 2 atom stereocenters. The topological polar surface area (TPSA) is 33.7 Å². The Labute approximate surface area is 121 Å². The first-order chi connectivity index (χ1) is 9.86. The van der Waals surface area contributed by atoms with Crippen LogP contribution in [0, 0.1) is 0 Å². The zero-order chi connectivity index (χ0) is 13.8. The Morgan fingerprint density at radius 2 is 2.20 bits per heavy atom. The summed E-state index contributed by atoms with van der Waals surface area (Å²) in [6, 6.07) is 9.58. The van der Waals surface area contributed by atoms with Crippen molar-refractivity contribution in [2.45, 2.75) is 31.3 Å². The minimum absolute atomic E-state index is 0.590. The zero-order valence-corrected chi connectivity index (χ0v) is 12.2. The maximum atomic E-state index is 5.66. The molecule has 110 valence electrons. The zero-order valence-electron chi connectivity index (χ0n) is 12.2. The van der Waals surface area contributed by atoms with E-state index in [1.807, 2.05) is 12.1 Å². The molecule has 20 heavy (non-hydrogen) atoms. The molecule has 4 heteroatoms. The van der Waals surface area contributed by atoms with Gasteiger partial charge in [0.15, 0.2) is 0 Å². The fourth-order valence-corrected chi connectivity index (χ4v) is 3.38. The predicted octanol–water partition coefficient (Wildman–Crippen LogP) is 2.36. The highest BCUT2D eigenvalue weighted by atomic mass is 16.5. The molecule has 2 heterocycles. The first-order valence-electron chi connectivity index (χ1n) is 7.59. The van der Waals surface area contributed by atoms with E-state index in [-0.39, 0.29) is 0 Å². The van der Waals surface area contributed by atoms with E-state index in [9.17, 15) is 0 Å². The molecule has 3 rings (SSSR count). The van der Waals surface area contributed by atoms with Crippen LogP contribution in [-0.2, 0) is 4.74 Å². The van der Waals surface area contributed by atoms with Crippen molar-refractivity contribution in [2.24, 2.45) is 0 Å². The largest absolute Gasteiger partial charge is 0.491 e. The second kappa shape index (κ2) is 6.46. The third-order valence-corrected chi connectivity index (χ3v) is 4.35. The van der Waals surface area contributed by atoms with E-state index in [4.69, 9.17) is 9.47 Å². The van der Waals surface area contributed by atoms with Gasteiger partial charge in [-0.2, -0.15) is 0 Å². The number of rotatable bonds is 6. The van der Waals surface area contributed by atoms with Crippen LogP contribution >= 0.6 is 0 Å². The van der Waals surface area contributed by atoms with E-state index in [0.717, 1.165) is 11.8 Å². The van der Waals surface area contributed by atoms with Gasteiger partial charge in [0.05, 0.1) is 6.61 Å². The molecular weight excluding hydrogens is 252 g/mol. The van der Waals surface area contributed by atoms with Gasteiger partial charge < -0.3 is 14.8 Å². The Kier molecular flexibility index (Phi) is 4.43. The Bertz CT molecular complexity index is 438. The average molecular weight is 276 g/mol. The fraction of sp³-hybridized carbons (Fsp3) is 0.625. The Morgan fingerprint density at radius 3 is 3.10 bits per heavy atom. The lowest BCUT2D eigenvalue weighted by atomic mass is 10.1. The minimum atomic E-state index is 0.590. The third-order valence-electron chi connectivity index (χ3n) is 4.35. The van der Waals surface area contributed by atoms with E-state index < -0.39 is 0 Å². The molecule has 4 nitrogen and oxygen atoms in total. The van der Waals surface area contributed by atoms with Crippen molar-refractivity contribution in [3.63, 3.8) is 0 Å². The molecule has 2 unspecified atom stereocenters. The Hall–Kier alpha value is -1.26. The van der Waals surface area contributed by atoms with Crippen LogP contribution in [0.2, 0.25) is 0 Å². The van der Waals surface area contributed by atoms with Crippen molar-refractivity contribution in [1.29, 1.82) is 0 Å². The Morgan fingerprint density at radius 1 is 1.25 bits per heavy atom. The number of methoxy groups -OCH3 is 1. The van der Waals surface area contributed by atoms with Gasteiger partial charge in [-0.15, -0.1) is 0 Å². The summed E-state index contributed by atoms with van der Waals surface area (Å²) in [7, 11) is 1.69. The van der Waals surface area contributed by atoms with Crippen LogP contribution in [0.3, 0.4) is 0 Å². The van der Waals surface area contributed by atoms with Crippen molar-refractivity contribution < 1.29 is 9.47 Å². The summed E-state index contributed by atoms with van der Waals surface area (Å²) in [6.45, 7) is 3.74. The summed E-state index contributed by atoms with van der Waals surface area (Å²) in [6.07, 6.45) is 3.93. The molecule has 2 aliphatic heterocycles. The van der Waals surface area contributed by atoms with E-state index in [1.54, 1.807) is 7.11 Å². The molecular formula is C16H24N2O2. The SMILES string of the molecule is COCCOc1cccc(NC2CCN3CCCC23)c1. The number of fused-ring (bicyclic) bond motifs is 1. The normalized spacial score (nSPS) is 25.6. The minimum Gasteiger partial charge on any atom is -0.491 e. The predicted molar refractivity (Wildman–Crippen MR) is 80.4 cm³/mol. The van der Waals surface area contributed by atoms with Gasteiger partial charge in [0, 0.05) is 37.5 Å². The molecule has 2 aliphatic rings. The van der Waals surface area contributed by atoms with Gasteiger partial charge in [-0.3, -0.25) is 4.90 Å². The van der Waals surface area contributed by atoms with Gasteiger partial charge in [-0.25, -0.2) is 0 Å². The van der Waals surface area contributed by atoms with Crippen LogP contribution < -0.4 is 10.1 Å². The first-order valence-corrected chi connectivity index (χ1v) is 7.59. The number of hydrogen-bond acceptors (Lipinski definition) is 4. The van der Waals surface area contributed by atoms with Crippen LogP contribution in [-0.4, -0.2) is 50.4 Å². The lowest BCUT2D eigenvalue weighted by Crippen LogP contribution is -2.33. The molecule has 2 saturated heterocycles. The highest BCUT2D eigenvalue weighted by Crippen LogP contribution is 2.30. The molecule has 0 radical (unpaired) electrons. The molecule has 0 aliphatic carbocycles. The van der Waals surface area contributed by atoms with Crippen LogP contribution in [0.15, 0.2) is 24.3 Å². The fourth-order valence-electron chi connectivity index (χ4n) is 3.38. The van der Waals surface area contributed by atoms with E-state index in [1.165, 1.54) is 38.0 Å². The van der Waals surface area contributed by atoms with Gasteiger partial charge in [0.25, 0.3) is 0 Å². The molecule has 1 N–H and O–H groups in total. The van der Waals surface area contributed by atoms with Gasteiger partial charge in [0.1, 0.15) is 12.4 Å². The Balaban J connectivity index is 1.58. The quantitative estimate of drug-likeness (QED) is 0.809. The summed E-state index contributed by atoms with van der Waals surface area (Å²) in [5.74, 6) is 0.910. The molecule has 0 saturated carbocycles. The van der Waals surface area contributed by atoms with Gasteiger partial charge in [-0.1, -0.05) is 6.07 Å².